The van der Waals surface area contributed by atoms with Crippen molar-refractivity contribution in [3.63, 3.8) is 0 Å². The topological polar surface area (TPSA) is 23.3 Å². The van der Waals surface area contributed by atoms with Crippen LogP contribution in [0, 0.1) is 25.2 Å². The van der Waals surface area contributed by atoms with Crippen LogP contribution in [0.1, 0.15) is 91.4 Å². The summed E-state index contributed by atoms with van der Waals surface area (Å²) in [5.41, 5.74) is 0.954. The first-order valence-corrected chi connectivity index (χ1v) is 19.9. The predicted octanol–water partition coefficient (Wildman–Crippen LogP) is 9.93. The molecule has 4 unspecified atom stereocenters. The Balaban J connectivity index is 0.00000227. The van der Waals surface area contributed by atoms with Gasteiger partial charge in [0, 0.05) is 6.61 Å². The van der Waals surface area contributed by atoms with Crippen LogP contribution in [0.15, 0.2) is 12.7 Å². The Morgan fingerprint density at radius 3 is 2.25 bits per heavy atom. The molecule has 2 rings (SSSR count). The average molecular weight is 541 g/mol. The molecule has 2 saturated carbocycles. The molecule has 0 N–H and O–H groups in total. The average Bonchev–Trinajstić information content (AvgIpc) is 3.07. The molecule has 0 aromatic rings. The third kappa shape index (κ3) is 12.8. The first kappa shape index (κ1) is 33.2. The molecular formula is C26H51Cl2NOSiTi-2. The zero-order valence-electron chi connectivity index (χ0n) is 21.9. The number of fused-ring (bicyclic) bond motifs is 1. The van der Waals surface area contributed by atoms with Gasteiger partial charge in [0.15, 0.2) is 0 Å². The first-order chi connectivity index (χ1) is 14.7. The van der Waals surface area contributed by atoms with Gasteiger partial charge in [-0.15, -0.1) is 13.1 Å². The second kappa shape index (κ2) is 17.6. The van der Waals surface area contributed by atoms with E-state index >= 15 is 0 Å². The summed E-state index contributed by atoms with van der Waals surface area (Å²) < 4.78 is 5.86. The van der Waals surface area contributed by atoms with Crippen molar-refractivity contribution < 1.29 is 21.8 Å². The summed E-state index contributed by atoms with van der Waals surface area (Å²) >= 11 is -0.556. The van der Waals surface area contributed by atoms with Gasteiger partial charge in [-0.3, -0.25) is 0 Å². The molecule has 32 heavy (non-hydrogen) atoms. The van der Waals surface area contributed by atoms with Gasteiger partial charge >= 0.3 is 35.6 Å². The van der Waals surface area contributed by atoms with Crippen molar-refractivity contribution in [2.75, 3.05) is 13.2 Å². The van der Waals surface area contributed by atoms with Crippen molar-refractivity contribution in [2.45, 2.75) is 116 Å². The molecule has 0 amide bonds. The Labute approximate surface area is 219 Å². The maximum absolute atomic E-state index is 5.86. The van der Waals surface area contributed by atoms with Crippen LogP contribution in [-0.4, -0.2) is 27.0 Å². The van der Waals surface area contributed by atoms with Crippen LogP contribution in [0.5, 0.6) is 0 Å². The molecule has 0 aromatic carbocycles. The molecule has 2 nitrogen and oxygen atoms in total. The Morgan fingerprint density at radius 1 is 1.06 bits per heavy atom. The molecule has 0 aromatic heterocycles. The number of ether oxygens (including phenoxy) is 1. The van der Waals surface area contributed by atoms with Crippen LogP contribution in [-0.2, 0) is 21.8 Å². The van der Waals surface area contributed by atoms with E-state index in [0.29, 0.717) is 0 Å². The van der Waals surface area contributed by atoms with Crippen molar-refractivity contribution in [3.8, 4) is 0 Å². The van der Waals surface area contributed by atoms with E-state index in [0.717, 1.165) is 42.9 Å². The quantitative estimate of drug-likeness (QED) is 0.105. The Bertz CT molecular complexity index is 487. The number of hydrogen-bond acceptors (Lipinski definition) is 1. The second-order valence-electron chi connectivity index (χ2n) is 11.1. The van der Waals surface area contributed by atoms with Gasteiger partial charge in [-0.05, 0) is 51.4 Å². The van der Waals surface area contributed by atoms with Gasteiger partial charge in [-0.1, -0.05) is 90.7 Å². The second-order valence-corrected chi connectivity index (χ2v) is 18.0. The minimum absolute atomic E-state index is 0. The van der Waals surface area contributed by atoms with E-state index in [1.807, 2.05) is 6.08 Å². The van der Waals surface area contributed by atoms with Crippen LogP contribution in [0.25, 0.3) is 4.98 Å². The third-order valence-corrected chi connectivity index (χ3v) is 10.8. The van der Waals surface area contributed by atoms with Crippen molar-refractivity contribution in [3.05, 3.63) is 25.1 Å². The fourth-order valence-electron chi connectivity index (χ4n) is 5.89. The number of hydrogen-bond donors (Lipinski definition) is 0. The van der Waals surface area contributed by atoms with Crippen LogP contribution in [0.3, 0.4) is 0 Å². The molecule has 0 spiro atoms. The van der Waals surface area contributed by atoms with Gasteiger partial charge in [0.05, 0.1) is 5.60 Å². The van der Waals surface area contributed by atoms with Gasteiger partial charge in [-0.25, -0.2) is 0 Å². The number of nitrogens with zero attached hydrogens (tertiary/aromatic N) is 1. The summed E-state index contributed by atoms with van der Waals surface area (Å²) in [5, 5.41) is 0. The summed E-state index contributed by atoms with van der Waals surface area (Å²) in [7, 11) is 8.30. The standard InChI is InChI=1S/C25H48NOSi.CH3.2ClH.Ti/c1-7-8-18-26-28(5,6)24-20-21(22-16-12-13-17-23(22)24)15-11-9-10-14-19-27-25(2,3)4;;;;/h7,21-24H,1,8-20H2,2-6H3;1H3;2*1H;/q2*-1;;;+2/p-2. The molecule has 0 bridgehead atoms. The molecule has 0 heterocycles. The van der Waals surface area contributed by atoms with E-state index in [1.54, 1.807) is 0 Å². The van der Waals surface area contributed by atoms with Crippen molar-refractivity contribution in [1.82, 2.24) is 0 Å². The van der Waals surface area contributed by atoms with E-state index in [-0.39, 0.29) is 13.0 Å². The van der Waals surface area contributed by atoms with Gasteiger partial charge < -0.3 is 17.1 Å². The Hall–Kier alpha value is 1.17. The van der Waals surface area contributed by atoms with E-state index in [4.69, 9.17) is 28.3 Å². The molecule has 0 radical (unpaired) electrons. The third-order valence-electron chi connectivity index (χ3n) is 7.32. The molecule has 190 valence electrons. The summed E-state index contributed by atoms with van der Waals surface area (Å²) in [6.07, 6.45) is 17.3. The molecule has 6 heteroatoms. The number of rotatable bonds is 12. The van der Waals surface area contributed by atoms with E-state index < -0.39 is 25.3 Å². The van der Waals surface area contributed by atoms with Gasteiger partial charge in [0.1, 0.15) is 0 Å². The normalized spacial score (nSPS) is 25.2. The zero-order chi connectivity index (χ0) is 23.3. The first-order valence-electron chi connectivity index (χ1n) is 12.6. The van der Waals surface area contributed by atoms with Crippen molar-refractivity contribution in [2.24, 2.45) is 17.8 Å². The minimum atomic E-state index is -1.48. The molecular weight excluding hydrogens is 489 g/mol. The number of unbranched alkanes of at least 4 members (excludes halogenated alkanes) is 3. The molecule has 2 aliphatic carbocycles. The van der Waals surface area contributed by atoms with Crippen molar-refractivity contribution in [1.29, 1.82) is 0 Å². The molecule has 2 aliphatic rings. The Morgan fingerprint density at radius 2 is 1.66 bits per heavy atom. The molecule has 0 aliphatic heterocycles. The van der Waals surface area contributed by atoms with Crippen molar-refractivity contribution >= 4 is 26.8 Å². The van der Waals surface area contributed by atoms with Crippen LogP contribution in [0.4, 0.5) is 0 Å². The summed E-state index contributed by atoms with van der Waals surface area (Å²) in [6.45, 7) is 17.4. The van der Waals surface area contributed by atoms with E-state index in [2.05, 4.69) is 40.4 Å². The van der Waals surface area contributed by atoms with E-state index in [1.165, 1.54) is 64.2 Å². The molecule has 0 saturated heterocycles. The summed E-state index contributed by atoms with van der Waals surface area (Å²) in [4.78, 5) is 5.26. The van der Waals surface area contributed by atoms with Gasteiger partial charge in [0.2, 0.25) is 0 Å². The van der Waals surface area contributed by atoms with Crippen LogP contribution in [0.2, 0.25) is 18.6 Å². The molecule has 2 fully saturated rings. The van der Waals surface area contributed by atoms with Gasteiger partial charge in [0.25, 0.3) is 0 Å². The van der Waals surface area contributed by atoms with E-state index in [9.17, 15) is 0 Å². The monoisotopic (exact) mass is 539 g/mol. The maximum atomic E-state index is 5.86. The fourth-order valence-corrected chi connectivity index (χ4v) is 9.18. The van der Waals surface area contributed by atoms with Gasteiger partial charge in [-0.2, -0.15) is 0 Å². The van der Waals surface area contributed by atoms with Crippen LogP contribution >= 0.6 is 18.6 Å². The number of halogens is 2. The Kier molecular flexibility index (Phi) is 18.2. The molecule has 4 atom stereocenters. The van der Waals surface area contributed by atoms with Crippen LogP contribution < -0.4 is 0 Å². The SMILES string of the molecule is C=CCC[N-][Si](C)(C)C1CC(CCCCCCOC(C)(C)C)C2CCCCC21.[CH3-].[Cl][Ti][Cl]. The zero-order valence-corrected chi connectivity index (χ0v) is 26.0. The summed E-state index contributed by atoms with van der Waals surface area (Å²) in [6, 6.07) is 0. The summed E-state index contributed by atoms with van der Waals surface area (Å²) in [5.74, 6) is 3.00. The predicted molar refractivity (Wildman–Crippen MR) is 145 cm³/mol. The fraction of sp³-hybridized carbons (Fsp3) is 0.885.